The summed E-state index contributed by atoms with van der Waals surface area (Å²) in [5, 5.41) is 5.05. The van der Waals surface area contributed by atoms with Gasteiger partial charge in [0.05, 0.1) is 11.2 Å². The summed E-state index contributed by atoms with van der Waals surface area (Å²) in [6.45, 7) is 9.86. The molecule has 1 aliphatic rings. The Morgan fingerprint density at radius 3 is 2.65 bits per heavy atom. The quantitative estimate of drug-likeness (QED) is 0.882. The maximum Gasteiger partial charge on any atom is 0.113 e. The van der Waals surface area contributed by atoms with Gasteiger partial charge in [0.1, 0.15) is 5.01 Å². The number of aryl methyl sites for hydroxylation is 2. The fourth-order valence-corrected chi connectivity index (χ4v) is 4.06. The molecule has 3 heteroatoms. The lowest BCUT2D eigenvalue weighted by molar-refractivity contribution is 0.331. The molecule has 0 saturated heterocycles. The first-order valence-corrected chi connectivity index (χ1v) is 7.62. The van der Waals surface area contributed by atoms with Gasteiger partial charge in [-0.15, -0.1) is 11.3 Å². The first kappa shape index (κ1) is 13.0. The number of rotatable bonds is 4. The molecule has 1 N–H and O–H groups in total. The summed E-state index contributed by atoms with van der Waals surface area (Å²) < 4.78 is 0. The third kappa shape index (κ3) is 2.41. The van der Waals surface area contributed by atoms with Gasteiger partial charge in [-0.25, -0.2) is 4.98 Å². The Hall–Kier alpha value is -0.410. The van der Waals surface area contributed by atoms with Crippen molar-refractivity contribution >= 4 is 11.3 Å². The molecule has 1 fully saturated rings. The minimum Gasteiger partial charge on any atom is -0.306 e. The average Bonchev–Trinajstić information content (AvgIpc) is 2.86. The van der Waals surface area contributed by atoms with E-state index in [9.17, 15) is 0 Å². The van der Waals surface area contributed by atoms with Gasteiger partial charge in [-0.2, -0.15) is 0 Å². The van der Waals surface area contributed by atoms with Crippen molar-refractivity contribution in [2.45, 2.75) is 58.9 Å². The van der Waals surface area contributed by atoms with Crippen LogP contribution in [0.5, 0.6) is 0 Å². The van der Waals surface area contributed by atoms with Crippen molar-refractivity contribution in [3.8, 4) is 0 Å². The Balaban J connectivity index is 2.28. The minimum absolute atomic E-state index is 0.180. The van der Waals surface area contributed by atoms with E-state index in [4.69, 9.17) is 4.98 Å². The molecule has 1 saturated carbocycles. The van der Waals surface area contributed by atoms with Gasteiger partial charge in [0, 0.05) is 4.88 Å². The Kier molecular flexibility index (Phi) is 3.88. The summed E-state index contributed by atoms with van der Waals surface area (Å²) in [6, 6.07) is 0. The molecule has 0 aromatic carbocycles. The van der Waals surface area contributed by atoms with E-state index >= 15 is 0 Å². The predicted octanol–water partition coefficient (Wildman–Crippen LogP) is 3.77. The molecule has 1 aromatic heterocycles. The molecule has 2 unspecified atom stereocenters. The van der Waals surface area contributed by atoms with E-state index in [2.05, 4.69) is 33.0 Å². The molecular weight excluding hydrogens is 228 g/mol. The van der Waals surface area contributed by atoms with E-state index in [1.54, 1.807) is 0 Å². The lowest BCUT2D eigenvalue weighted by Crippen LogP contribution is -2.40. The molecule has 0 bridgehead atoms. The zero-order chi connectivity index (χ0) is 12.5. The molecule has 2 atom stereocenters. The van der Waals surface area contributed by atoms with E-state index < -0.39 is 0 Å². The largest absolute Gasteiger partial charge is 0.306 e. The Bertz CT molecular complexity index is 366. The van der Waals surface area contributed by atoms with Gasteiger partial charge >= 0.3 is 0 Å². The molecule has 17 heavy (non-hydrogen) atoms. The SMILES string of the molecule is CCNC1(c2nc(C)c(C)s2)CCC(CC)C1. The van der Waals surface area contributed by atoms with E-state index in [1.807, 2.05) is 11.3 Å². The number of hydrogen-bond donors (Lipinski definition) is 1. The van der Waals surface area contributed by atoms with Crippen LogP contribution in [-0.2, 0) is 5.54 Å². The van der Waals surface area contributed by atoms with Crippen LogP contribution in [0.3, 0.4) is 0 Å². The highest BCUT2D eigenvalue weighted by Gasteiger charge is 2.41. The highest BCUT2D eigenvalue weighted by atomic mass is 32.1. The van der Waals surface area contributed by atoms with Crippen molar-refractivity contribution < 1.29 is 0 Å². The minimum atomic E-state index is 0.180. The van der Waals surface area contributed by atoms with Crippen LogP contribution in [0, 0.1) is 19.8 Å². The van der Waals surface area contributed by atoms with E-state index in [1.165, 1.54) is 41.3 Å². The zero-order valence-corrected chi connectivity index (χ0v) is 12.3. The molecule has 1 heterocycles. The molecule has 0 spiro atoms. The van der Waals surface area contributed by atoms with Gasteiger partial charge in [-0.3, -0.25) is 0 Å². The van der Waals surface area contributed by atoms with Crippen molar-refractivity contribution in [1.82, 2.24) is 10.3 Å². The molecule has 1 aromatic rings. The first-order valence-electron chi connectivity index (χ1n) is 6.81. The Labute approximate surface area is 109 Å². The van der Waals surface area contributed by atoms with Gasteiger partial charge < -0.3 is 5.32 Å². The summed E-state index contributed by atoms with van der Waals surface area (Å²) in [5.41, 5.74) is 1.39. The summed E-state index contributed by atoms with van der Waals surface area (Å²) in [7, 11) is 0. The van der Waals surface area contributed by atoms with E-state index in [-0.39, 0.29) is 5.54 Å². The Morgan fingerprint density at radius 2 is 2.18 bits per heavy atom. The third-order valence-electron chi connectivity index (χ3n) is 4.15. The smallest absolute Gasteiger partial charge is 0.113 e. The van der Waals surface area contributed by atoms with Crippen LogP contribution in [0.1, 0.15) is 55.1 Å². The lowest BCUT2D eigenvalue weighted by Gasteiger charge is -2.28. The molecule has 1 aliphatic carbocycles. The zero-order valence-electron chi connectivity index (χ0n) is 11.5. The molecular formula is C14H24N2S. The maximum absolute atomic E-state index is 4.81. The van der Waals surface area contributed by atoms with Gasteiger partial charge in [-0.05, 0) is 45.6 Å². The van der Waals surface area contributed by atoms with E-state index in [0.717, 1.165) is 12.5 Å². The topological polar surface area (TPSA) is 24.9 Å². The van der Waals surface area contributed by atoms with Crippen molar-refractivity contribution in [2.24, 2.45) is 5.92 Å². The lowest BCUT2D eigenvalue weighted by atomic mass is 9.95. The van der Waals surface area contributed by atoms with Crippen LogP contribution < -0.4 is 5.32 Å². The monoisotopic (exact) mass is 252 g/mol. The summed E-state index contributed by atoms with van der Waals surface area (Å²) in [5.74, 6) is 0.874. The summed E-state index contributed by atoms with van der Waals surface area (Å²) in [6.07, 6.45) is 5.17. The van der Waals surface area contributed by atoms with Crippen molar-refractivity contribution in [2.75, 3.05) is 6.54 Å². The van der Waals surface area contributed by atoms with Crippen molar-refractivity contribution in [1.29, 1.82) is 0 Å². The van der Waals surface area contributed by atoms with Crippen molar-refractivity contribution in [3.05, 3.63) is 15.6 Å². The van der Waals surface area contributed by atoms with Gasteiger partial charge in [0.25, 0.3) is 0 Å². The van der Waals surface area contributed by atoms with Gasteiger partial charge in [0.2, 0.25) is 0 Å². The molecule has 0 aliphatic heterocycles. The number of nitrogens with one attached hydrogen (secondary N) is 1. The van der Waals surface area contributed by atoms with Gasteiger partial charge in [-0.1, -0.05) is 20.3 Å². The highest BCUT2D eigenvalue weighted by Crippen LogP contribution is 2.44. The molecule has 0 amide bonds. The summed E-state index contributed by atoms with van der Waals surface area (Å²) >= 11 is 1.89. The van der Waals surface area contributed by atoms with Crippen LogP contribution in [0.4, 0.5) is 0 Å². The molecule has 96 valence electrons. The van der Waals surface area contributed by atoms with Crippen LogP contribution in [0.2, 0.25) is 0 Å². The maximum atomic E-state index is 4.81. The second-order valence-electron chi connectivity index (χ2n) is 5.29. The fraction of sp³-hybridized carbons (Fsp3) is 0.786. The Morgan fingerprint density at radius 1 is 1.41 bits per heavy atom. The molecule has 0 radical (unpaired) electrons. The van der Waals surface area contributed by atoms with Crippen LogP contribution in [0.15, 0.2) is 0 Å². The summed E-state index contributed by atoms with van der Waals surface area (Å²) in [4.78, 5) is 6.18. The van der Waals surface area contributed by atoms with Crippen LogP contribution in [0.25, 0.3) is 0 Å². The number of nitrogens with zero attached hydrogens (tertiary/aromatic N) is 1. The predicted molar refractivity (Wildman–Crippen MR) is 74.6 cm³/mol. The van der Waals surface area contributed by atoms with Crippen LogP contribution in [-0.4, -0.2) is 11.5 Å². The standard InChI is InChI=1S/C14H24N2S/c1-5-12-7-8-14(9-12,15-6-2)13-16-10(3)11(4)17-13/h12,15H,5-9H2,1-4H3. The third-order valence-corrected chi connectivity index (χ3v) is 5.42. The normalized spacial score (nSPS) is 28.8. The number of hydrogen-bond acceptors (Lipinski definition) is 3. The second-order valence-corrected chi connectivity index (χ2v) is 6.49. The first-order chi connectivity index (χ1) is 8.11. The van der Waals surface area contributed by atoms with Gasteiger partial charge in [0.15, 0.2) is 0 Å². The average molecular weight is 252 g/mol. The number of aromatic nitrogens is 1. The number of thiazole rings is 1. The van der Waals surface area contributed by atoms with Crippen molar-refractivity contribution in [3.63, 3.8) is 0 Å². The fourth-order valence-electron chi connectivity index (χ4n) is 2.94. The highest BCUT2D eigenvalue weighted by molar-refractivity contribution is 7.11. The molecule has 2 rings (SSSR count). The van der Waals surface area contributed by atoms with Crippen LogP contribution >= 0.6 is 11.3 Å². The van der Waals surface area contributed by atoms with E-state index in [0.29, 0.717) is 0 Å². The second kappa shape index (κ2) is 5.07. The molecule has 2 nitrogen and oxygen atoms in total.